The average molecular weight is 247 g/mol. The summed E-state index contributed by atoms with van der Waals surface area (Å²) in [6.07, 6.45) is 1.66. The SMILES string of the molecule is Cc1ccc(C(C)N[C@@H](C)c2ccco2)cc1F. The second-order valence-corrected chi connectivity index (χ2v) is 4.63. The maximum Gasteiger partial charge on any atom is 0.126 e. The molecule has 0 aliphatic rings. The Kier molecular flexibility index (Phi) is 3.82. The first-order valence-corrected chi connectivity index (χ1v) is 6.13. The molecule has 2 atom stereocenters. The van der Waals surface area contributed by atoms with E-state index in [1.165, 1.54) is 0 Å². The third-order valence-corrected chi connectivity index (χ3v) is 3.17. The number of nitrogens with one attached hydrogen (secondary N) is 1. The number of aryl methyl sites for hydroxylation is 1. The zero-order chi connectivity index (χ0) is 13.1. The van der Waals surface area contributed by atoms with Crippen LogP contribution >= 0.6 is 0 Å². The van der Waals surface area contributed by atoms with Crippen LogP contribution in [0.3, 0.4) is 0 Å². The van der Waals surface area contributed by atoms with Gasteiger partial charge in [0.2, 0.25) is 0 Å². The van der Waals surface area contributed by atoms with Crippen LogP contribution in [-0.4, -0.2) is 0 Å². The molecule has 0 radical (unpaired) electrons. The predicted molar refractivity (Wildman–Crippen MR) is 69.8 cm³/mol. The van der Waals surface area contributed by atoms with E-state index >= 15 is 0 Å². The summed E-state index contributed by atoms with van der Waals surface area (Å²) in [7, 11) is 0. The first-order chi connectivity index (χ1) is 8.58. The van der Waals surface area contributed by atoms with E-state index in [9.17, 15) is 4.39 Å². The van der Waals surface area contributed by atoms with Crippen molar-refractivity contribution in [1.29, 1.82) is 0 Å². The largest absolute Gasteiger partial charge is 0.468 e. The molecule has 0 amide bonds. The molecule has 0 saturated carbocycles. The van der Waals surface area contributed by atoms with Gasteiger partial charge >= 0.3 is 0 Å². The van der Waals surface area contributed by atoms with E-state index in [2.05, 4.69) is 5.32 Å². The Labute approximate surface area is 107 Å². The molecule has 1 heterocycles. The van der Waals surface area contributed by atoms with Crippen molar-refractivity contribution < 1.29 is 8.81 Å². The van der Waals surface area contributed by atoms with E-state index < -0.39 is 0 Å². The summed E-state index contributed by atoms with van der Waals surface area (Å²) < 4.78 is 18.8. The molecule has 1 aromatic heterocycles. The van der Waals surface area contributed by atoms with Crippen molar-refractivity contribution in [2.75, 3.05) is 0 Å². The van der Waals surface area contributed by atoms with Crippen molar-refractivity contribution in [3.63, 3.8) is 0 Å². The van der Waals surface area contributed by atoms with Crippen molar-refractivity contribution >= 4 is 0 Å². The summed E-state index contributed by atoms with van der Waals surface area (Å²) in [5.74, 6) is 0.723. The van der Waals surface area contributed by atoms with Gasteiger partial charge in [-0.3, -0.25) is 0 Å². The molecule has 1 aromatic carbocycles. The number of hydrogen-bond acceptors (Lipinski definition) is 2. The van der Waals surface area contributed by atoms with Crippen LogP contribution in [0.5, 0.6) is 0 Å². The highest BCUT2D eigenvalue weighted by molar-refractivity contribution is 5.25. The fourth-order valence-electron chi connectivity index (χ4n) is 1.97. The third-order valence-electron chi connectivity index (χ3n) is 3.17. The van der Waals surface area contributed by atoms with E-state index in [0.717, 1.165) is 11.3 Å². The molecule has 2 rings (SSSR count). The topological polar surface area (TPSA) is 25.2 Å². The first-order valence-electron chi connectivity index (χ1n) is 6.13. The van der Waals surface area contributed by atoms with Crippen LogP contribution in [0.15, 0.2) is 41.0 Å². The second-order valence-electron chi connectivity index (χ2n) is 4.63. The number of benzene rings is 1. The van der Waals surface area contributed by atoms with Crippen LogP contribution in [-0.2, 0) is 0 Å². The van der Waals surface area contributed by atoms with Crippen molar-refractivity contribution in [1.82, 2.24) is 5.32 Å². The summed E-state index contributed by atoms with van der Waals surface area (Å²) in [5.41, 5.74) is 1.61. The summed E-state index contributed by atoms with van der Waals surface area (Å²) in [6.45, 7) is 5.81. The van der Waals surface area contributed by atoms with Gasteiger partial charge in [-0.05, 0) is 50.1 Å². The maximum atomic E-state index is 13.5. The second kappa shape index (κ2) is 5.36. The number of hydrogen-bond donors (Lipinski definition) is 1. The van der Waals surface area contributed by atoms with Gasteiger partial charge < -0.3 is 9.73 Å². The van der Waals surface area contributed by atoms with Crippen molar-refractivity contribution in [3.8, 4) is 0 Å². The molecular formula is C15H18FNO. The Morgan fingerprint density at radius 2 is 1.94 bits per heavy atom. The highest BCUT2D eigenvalue weighted by atomic mass is 19.1. The number of rotatable bonds is 4. The third kappa shape index (κ3) is 2.79. The lowest BCUT2D eigenvalue weighted by Gasteiger charge is -2.19. The Morgan fingerprint density at radius 1 is 1.17 bits per heavy atom. The molecule has 2 aromatic rings. The molecule has 18 heavy (non-hydrogen) atoms. The smallest absolute Gasteiger partial charge is 0.126 e. The Morgan fingerprint density at radius 3 is 2.56 bits per heavy atom. The van der Waals surface area contributed by atoms with Crippen molar-refractivity contribution in [3.05, 3.63) is 59.3 Å². The molecule has 0 bridgehead atoms. The van der Waals surface area contributed by atoms with Crippen LogP contribution in [0, 0.1) is 12.7 Å². The molecule has 1 N–H and O–H groups in total. The van der Waals surface area contributed by atoms with Gasteiger partial charge in [-0.1, -0.05) is 12.1 Å². The quantitative estimate of drug-likeness (QED) is 0.878. The molecule has 2 nitrogen and oxygen atoms in total. The van der Waals surface area contributed by atoms with Crippen LogP contribution in [0.2, 0.25) is 0 Å². The molecule has 0 fully saturated rings. The summed E-state index contributed by atoms with van der Waals surface area (Å²) in [4.78, 5) is 0. The molecule has 0 spiro atoms. The van der Waals surface area contributed by atoms with Gasteiger partial charge in [-0.15, -0.1) is 0 Å². The zero-order valence-electron chi connectivity index (χ0n) is 10.9. The van der Waals surface area contributed by atoms with E-state index in [1.54, 1.807) is 25.3 Å². The van der Waals surface area contributed by atoms with Crippen LogP contribution in [0.4, 0.5) is 4.39 Å². The minimum absolute atomic E-state index is 0.0696. The number of halogens is 1. The van der Waals surface area contributed by atoms with E-state index in [-0.39, 0.29) is 17.9 Å². The predicted octanol–water partition coefficient (Wildman–Crippen LogP) is 4.14. The highest BCUT2D eigenvalue weighted by Crippen LogP contribution is 2.21. The minimum atomic E-state index is -0.160. The minimum Gasteiger partial charge on any atom is -0.468 e. The van der Waals surface area contributed by atoms with Crippen LogP contribution in [0.1, 0.15) is 42.8 Å². The number of furan rings is 1. The van der Waals surface area contributed by atoms with Gasteiger partial charge in [-0.2, -0.15) is 0 Å². The standard InChI is InChI=1S/C15H18FNO/c1-10-6-7-13(9-14(10)16)11(2)17-12(3)15-5-4-8-18-15/h4-9,11-12,17H,1-3H3/t11?,12-/m0/s1. The summed E-state index contributed by atoms with van der Waals surface area (Å²) >= 11 is 0. The Balaban J connectivity index is 2.07. The fraction of sp³-hybridized carbons (Fsp3) is 0.333. The first kappa shape index (κ1) is 12.8. The lowest BCUT2D eigenvalue weighted by atomic mass is 10.0. The normalized spacial score (nSPS) is 14.4. The molecular weight excluding hydrogens is 229 g/mol. The van der Waals surface area contributed by atoms with Gasteiger partial charge in [0.15, 0.2) is 0 Å². The summed E-state index contributed by atoms with van der Waals surface area (Å²) in [5, 5.41) is 3.38. The monoisotopic (exact) mass is 247 g/mol. The lowest BCUT2D eigenvalue weighted by Crippen LogP contribution is -2.22. The van der Waals surface area contributed by atoms with Gasteiger partial charge in [0.05, 0.1) is 12.3 Å². The molecule has 96 valence electrons. The van der Waals surface area contributed by atoms with Gasteiger partial charge in [-0.25, -0.2) is 4.39 Å². The molecule has 0 aliphatic heterocycles. The van der Waals surface area contributed by atoms with Gasteiger partial charge in [0.1, 0.15) is 11.6 Å². The molecule has 3 heteroatoms. The lowest BCUT2D eigenvalue weighted by molar-refractivity contribution is 0.402. The van der Waals surface area contributed by atoms with Crippen molar-refractivity contribution in [2.45, 2.75) is 32.9 Å². The van der Waals surface area contributed by atoms with E-state index in [1.807, 2.05) is 32.0 Å². The highest BCUT2D eigenvalue weighted by Gasteiger charge is 2.13. The van der Waals surface area contributed by atoms with Crippen LogP contribution in [0.25, 0.3) is 0 Å². The molecule has 1 unspecified atom stereocenters. The van der Waals surface area contributed by atoms with Crippen LogP contribution < -0.4 is 5.32 Å². The van der Waals surface area contributed by atoms with Crippen molar-refractivity contribution in [2.24, 2.45) is 0 Å². The molecule has 0 aliphatic carbocycles. The van der Waals surface area contributed by atoms with E-state index in [4.69, 9.17) is 4.42 Å². The Bertz CT molecular complexity index is 507. The van der Waals surface area contributed by atoms with Gasteiger partial charge in [0, 0.05) is 6.04 Å². The van der Waals surface area contributed by atoms with Gasteiger partial charge in [0.25, 0.3) is 0 Å². The summed E-state index contributed by atoms with van der Waals surface area (Å²) in [6, 6.07) is 9.30. The van der Waals surface area contributed by atoms with E-state index in [0.29, 0.717) is 5.56 Å². The Hall–Kier alpha value is -1.61. The molecule has 0 saturated heterocycles. The average Bonchev–Trinajstić information content (AvgIpc) is 2.86. The zero-order valence-corrected chi connectivity index (χ0v) is 10.9. The fourth-order valence-corrected chi connectivity index (χ4v) is 1.97. The maximum absolute atomic E-state index is 13.5.